The standard InChI is InChI=1S/C47H77NO13/c1-7-9-11-13-15-17-19-21-23-25-28-54-40-31-39(32-41(33-40)55-29-26-24-22-20-18-16-14-12-10-8-2)46(53)48-27-30-56-47-45(60-38(6)52)44(59-37(5)51)43(58-36(4)50)42(61-47)34-57-35(3)49/h31-33,42-45,47H,7-30,34H2,1-6H3,(H,48,53)/t42-,43+,44+,45-,47-/m1/s1. The highest BCUT2D eigenvalue weighted by atomic mass is 16.7. The van der Waals surface area contributed by atoms with Crippen LogP contribution in [0.15, 0.2) is 18.2 Å². The second kappa shape index (κ2) is 32.8. The summed E-state index contributed by atoms with van der Waals surface area (Å²) >= 11 is 0. The van der Waals surface area contributed by atoms with E-state index in [-0.39, 0.29) is 19.8 Å². The topological polar surface area (TPSA) is 171 Å². The molecule has 1 saturated heterocycles. The van der Waals surface area contributed by atoms with E-state index in [0.29, 0.717) is 30.3 Å². The van der Waals surface area contributed by atoms with Gasteiger partial charge in [0.1, 0.15) is 24.2 Å². The Kier molecular flexibility index (Phi) is 28.6. The second-order valence-electron chi connectivity index (χ2n) is 15.9. The van der Waals surface area contributed by atoms with E-state index in [9.17, 15) is 24.0 Å². The summed E-state index contributed by atoms with van der Waals surface area (Å²) in [7, 11) is 0. The Morgan fingerprint density at radius 3 is 1.39 bits per heavy atom. The minimum absolute atomic E-state index is 0.00415. The molecule has 14 heteroatoms. The summed E-state index contributed by atoms with van der Waals surface area (Å²) < 4.78 is 45.7. The first-order valence-corrected chi connectivity index (χ1v) is 23.1. The van der Waals surface area contributed by atoms with Crippen molar-refractivity contribution in [2.45, 2.75) is 201 Å². The molecule has 348 valence electrons. The van der Waals surface area contributed by atoms with Crippen LogP contribution in [-0.4, -0.2) is 93.5 Å². The monoisotopic (exact) mass is 864 g/mol. The molecule has 0 unspecified atom stereocenters. The van der Waals surface area contributed by atoms with Crippen molar-refractivity contribution in [2.75, 3.05) is 33.0 Å². The minimum Gasteiger partial charge on any atom is -0.493 e. The molecule has 1 fully saturated rings. The fourth-order valence-electron chi connectivity index (χ4n) is 7.19. The van der Waals surface area contributed by atoms with Gasteiger partial charge in [0.15, 0.2) is 24.6 Å². The molecule has 0 bridgehead atoms. The third-order valence-electron chi connectivity index (χ3n) is 10.3. The van der Waals surface area contributed by atoms with E-state index < -0.39 is 60.5 Å². The van der Waals surface area contributed by atoms with Gasteiger partial charge in [-0.2, -0.15) is 0 Å². The van der Waals surface area contributed by atoms with Crippen molar-refractivity contribution < 1.29 is 61.9 Å². The van der Waals surface area contributed by atoms with Gasteiger partial charge in [-0.3, -0.25) is 24.0 Å². The molecular weight excluding hydrogens is 787 g/mol. The molecule has 0 aliphatic carbocycles. The lowest BCUT2D eigenvalue weighted by Gasteiger charge is -2.44. The van der Waals surface area contributed by atoms with Gasteiger partial charge in [0.05, 0.1) is 19.8 Å². The fourth-order valence-corrected chi connectivity index (χ4v) is 7.19. The predicted octanol–water partition coefficient (Wildman–Crippen LogP) is 9.12. The zero-order chi connectivity index (χ0) is 44.7. The summed E-state index contributed by atoms with van der Waals surface area (Å²) in [4.78, 5) is 61.5. The molecule has 1 N–H and O–H groups in total. The molecule has 0 aromatic heterocycles. The number of esters is 4. The smallest absolute Gasteiger partial charge is 0.303 e. The molecule has 0 saturated carbocycles. The van der Waals surface area contributed by atoms with Gasteiger partial charge in [-0.25, -0.2) is 0 Å². The van der Waals surface area contributed by atoms with Crippen molar-refractivity contribution in [1.29, 1.82) is 0 Å². The molecule has 1 aromatic carbocycles. The largest absolute Gasteiger partial charge is 0.493 e. The summed E-state index contributed by atoms with van der Waals surface area (Å²) in [5, 5.41) is 2.84. The SMILES string of the molecule is CCCCCCCCCCCCOc1cc(OCCCCCCCCCCCC)cc(C(=O)NCCO[C@@H]2O[C@H](COC(C)=O)[C@H](OC(C)=O)[C@H](OC(C)=O)[C@H]2OC(C)=O)c1. The predicted molar refractivity (Wildman–Crippen MR) is 231 cm³/mol. The third kappa shape index (κ3) is 24.4. The van der Waals surface area contributed by atoms with Crippen molar-refractivity contribution in [1.82, 2.24) is 5.32 Å². The maximum Gasteiger partial charge on any atom is 0.303 e. The number of carbonyl (C=O) groups excluding carboxylic acids is 5. The maximum atomic E-state index is 13.5. The van der Waals surface area contributed by atoms with Gasteiger partial charge in [-0.05, 0) is 25.0 Å². The van der Waals surface area contributed by atoms with Gasteiger partial charge >= 0.3 is 23.9 Å². The zero-order valence-electron chi connectivity index (χ0n) is 38.1. The summed E-state index contributed by atoms with van der Waals surface area (Å²) in [6.45, 7) is 9.67. The highest BCUT2D eigenvalue weighted by molar-refractivity contribution is 5.95. The van der Waals surface area contributed by atoms with E-state index in [4.69, 9.17) is 37.9 Å². The lowest BCUT2D eigenvalue weighted by molar-refractivity contribution is -0.307. The van der Waals surface area contributed by atoms with Crippen LogP contribution in [0, 0.1) is 0 Å². The molecule has 14 nitrogen and oxygen atoms in total. The molecule has 1 aliphatic rings. The van der Waals surface area contributed by atoms with Crippen LogP contribution in [0.3, 0.4) is 0 Å². The van der Waals surface area contributed by atoms with Crippen molar-refractivity contribution in [2.24, 2.45) is 0 Å². The number of benzene rings is 1. The van der Waals surface area contributed by atoms with Crippen LogP contribution in [0.5, 0.6) is 11.5 Å². The number of rotatable bonds is 34. The van der Waals surface area contributed by atoms with Gasteiger partial charge in [-0.1, -0.05) is 129 Å². The van der Waals surface area contributed by atoms with E-state index in [1.807, 2.05) is 6.07 Å². The van der Waals surface area contributed by atoms with Gasteiger partial charge in [0.2, 0.25) is 0 Å². The molecule has 1 aliphatic heterocycles. The second-order valence-corrected chi connectivity index (χ2v) is 15.9. The molecule has 1 amide bonds. The summed E-state index contributed by atoms with van der Waals surface area (Å²) in [6, 6.07) is 5.22. The number of amides is 1. The normalized spacial score (nSPS) is 18.5. The average Bonchev–Trinajstić information content (AvgIpc) is 3.21. The fraction of sp³-hybridized carbons (Fsp3) is 0.766. The van der Waals surface area contributed by atoms with Crippen molar-refractivity contribution >= 4 is 29.8 Å². The van der Waals surface area contributed by atoms with Crippen LogP contribution < -0.4 is 14.8 Å². The van der Waals surface area contributed by atoms with Crippen LogP contribution in [0.4, 0.5) is 0 Å². The van der Waals surface area contributed by atoms with Crippen molar-refractivity contribution in [3.63, 3.8) is 0 Å². The molecule has 2 rings (SSSR count). The zero-order valence-corrected chi connectivity index (χ0v) is 38.1. The van der Waals surface area contributed by atoms with Crippen molar-refractivity contribution in [3.05, 3.63) is 23.8 Å². The number of ether oxygens (including phenoxy) is 8. The van der Waals surface area contributed by atoms with Gasteiger partial charge in [0.25, 0.3) is 5.91 Å². The lowest BCUT2D eigenvalue weighted by Crippen LogP contribution is -2.63. The first kappa shape index (κ1) is 53.2. The number of hydrogen-bond donors (Lipinski definition) is 1. The Bertz CT molecular complexity index is 1360. The molecule has 0 spiro atoms. The molecule has 1 aromatic rings. The van der Waals surface area contributed by atoms with E-state index in [0.717, 1.165) is 46.5 Å². The van der Waals surface area contributed by atoms with Crippen LogP contribution in [-0.2, 0) is 47.6 Å². The number of unbranched alkanes of at least 4 members (excludes halogenated alkanes) is 18. The quantitative estimate of drug-likeness (QED) is 0.0396. The Morgan fingerprint density at radius 1 is 0.525 bits per heavy atom. The van der Waals surface area contributed by atoms with E-state index >= 15 is 0 Å². The van der Waals surface area contributed by atoms with Gasteiger partial charge < -0.3 is 43.2 Å². The van der Waals surface area contributed by atoms with Crippen LogP contribution >= 0.6 is 0 Å². The Balaban J connectivity index is 2.05. The Labute approximate surface area is 365 Å². The van der Waals surface area contributed by atoms with Crippen LogP contribution in [0.1, 0.15) is 180 Å². The number of nitrogens with one attached hydrogen (secondary N) is 1. The summed E-state index contributed by atoms with van der Waals surface area (Å²) in [6.07, 6.45) is 17.9. The van der Waals surface area contributed by atoms with Crippen molar-refractivity contribution in [3.8, 4) is 11.5 Å². The summed E-state index contributed by atoms with van der Waals surface area (Å²) in [5.41, 5.74) is 0.353. The average molecular weight is 864 g/mol. The number of carbonyl (C=O) groups is 5. The summed E-state index contributed by atoms with van der Waals surface area (Å²) in [5.74, 6) is -2.14. The molecule has 0 radical (unpaired) electrons. The Hall–Kier alpha value is -3.91. The first-order chi connectivity index (χ1) is 29.4. The van der Waals surface area contributed by atoms with E-state index in [2.05, 4.69) is 19.2 Å². The molecule has 5 atom stereocenters. The third-order valence-corrected chi connectivity index (χ3v) is 10.3. The molecular formula is C47H77NO13. The minimum atomic E-state index is -1.37. The van der Waals surface area contributed by atoms with Crippen LogP contribution in [0.2, 0.25) is 0 Å². The Morgan fingerprint density at radius 2 is 0.951 bits per heavy atom. The van der Waals surface area contributed by atoms with Gasteiger partial charge in [-0.15, -0.1) is 0 Å². The van der Waals surface area contributed by atoms with Crippen LogP contribution in [0.25, 0.3) is 0 Å². The van der Waals surface area contributed by atoms with E-state index in [1.165, 1.54) is 110 Å². The lowest BCUT2D eigenvalue weighted by atomic mass is 9.98. The highest BCUT2D eigenvalue weighted by Crippen LogP contribution is 2.30. The first-order valence-electron chi connectivity index (χ1n) is 23.1. The highest BCUT2D eigenvalue weighted by Gasteiger charge is 2.52. The number of hydrogen-bond acceptors (Lipinski definition) is 13. The van der Waals surface area contributed by atoms with E-state index in [1.54, 1.807) is 12.1 Å². The maximum absolute atomic E-state index is 13.5. The van der Waals surface area contributed by atoms with Gasteiger partial charge in [0, 0.05) is 45.9 Å². The molecule has 61 heavy (non-hydrogen) atoms. The molecule has 1 heterocycles.